The maximum absolute atomic E-state index is 13.4. The van der Waals surface area contributed by atoms with Gasteiger partial charge < -0.3 is 10.1 Å². The van der Waals surface area contributed by atoms with Gasteiger partial charge in [0.05, 0.1) is 23.9 Å². The zero-order chi connectivity index (χ0) is 18.5. The summed E-state index contributed by atoms with van der Waals surface area (Å²) < 4.78 is 32.8. The highest BCUT2D eigenvalue weighted by molar-refractivity contribution is 7.99. The number of thioether (sulfide) groups is 1. The lowest BCUT2D eigenvalue weighted by Crippen LogP contribution is -2.25. The average Bonchev–Trinajstić information content (AvgIpc) is 3.03. The summed E-state index contributed by atoms with van der Waals surface area (Å²) in [5.41, 5.74) is 1.66. The minimum Gasteiger partial charge on any atom is -0.496 e. The number of methoxy groups -OCH3 is 1. The van der Waals surface area contributed by atoms with Gasteiger partial charge in [0, 0.05) is 12.1 Å². The molecule has 0 saturated carbocycles. The number of benzene rings is 2. The number of imidazole rings is 1. The van der Waals surface area contributed by atoms with Gasteiger partial charge in [-0.1, -0.05) is 42.1 Å². The molecule has 0 aliphatic carbocycles. The topological polar surface area (TPSA) is 56.1 Å². The summed E-state index contributed by atoms with van der Waals surface area (Å²) in [5, 5.41) is 2.88. The van der Waals surface area contributed by atoms with Gasteiger partial charge in [-0.05, 0) is 18.2 Å². The van der Waals surface area contributed by atoms with E-state index in [-0.39, 0.29) is 16.8 Å². The molecule has 0 spiro atoms. The van der Waals surface area contributed by atoms with Crippen LogP contribution in [-0.4, -0.2) is 28.3 Å². The zero-order valence-electron chi connectivity index (χ0n) is 14.0. The molecule has 0 aliphatic heterocycles. The van der Waals surface area contributed by atoms with Crippen molar-refractivity contribution in [3.05, 3.63) is 54.1 Å². The second kappa shape index (κ2) is 8.18. The Kier molecular flexibility index (Phi) is 5.72. The Labute approximate surface area is 153 Å². The van der Waals surface area contributed by atoms with Crippen LogP contribution in [0, 0.1) is 0 Å². The van der Waals surface area contributed by atoms with Crippen molar-refractivity contribution < 1.29 is 18.3 Å². The van der Waals surface area contributed by atoms with E-state index in [1.165, 1.54) is 0 Å². The first-order valence-corrected chi connectivity index (χ1v) is 8.85. The molecule has 1 heterocycles. The smallest absolute Gasteiger partial charge is 0.321 e. The van der Waals surface area contributed by atoms with E-state index in [1.54, 1.807) is 37.4 Å². The highest BCUT2D eigenvalue weighted by Gasteiger charge is 2.18. The third-order valence-corrected chi connectivity index (χ3v) is 4.71. The van der Waals surface area contributed by atoms with Crippen LogP contribution in [0.3, 0.4) is 0 Å². The number of hydrogen-bond donors (Lipinski definition) is 1. The van der Waals surface area contributed by atoms with Crippen LogP contribution in [0.15, 0.2) is 53.7 Å². The van der Waals surface area contributed by atoms with E-state index in [0.29, 0.717) is 23.3 Å². The fourth-order valence-electron chi connectivity index (χ4n) is 2.54. The van der Waals surface area contributed by atoms with Crippen LogP contribution in [0.1, 0.15) is 12.1 Å². The Balaban J connectivity index is 1.64. The second-order valence-corrected chi connectivity index (χ2v) is 6.35. The maximum Gasteiger partial charge on any atom is 0.321 e. The molecule has 0 atom stereocenters. The molecule has 1 aromatic heterocycles. The first-order valence-electron chi connectivity index (χ1n) is 7.86. The van der Waals surface area contributed by atoms with E-state index in [0.717, 1.165) is 21.9 Å². The number of carbonyl (C=O) groups excluding carboxylic acids is 1. The van der Waals surface area contributed by atoms with Gasteiger partial charge in [0.1, 0.15) is 5.75 Å². The van der Waals surface area contributed by atoms with Gasteiger partial charge in [0.2, 0.25) is 5.91 Å². The number of amides is 1. The summed E-state index contributed by atoms with van der Waals surface area (Å²) in [6.07, 6.45) is 0. The van der Waals surface area contributed by atoms with E-state index in [9.17, 15) is 13.6 Å². The predicted molar refractivity (Wildman–Crippen MR) is 96.6 cm³/mol. The van der Waals surface area contributed by atoms with Crippen LogP contribution < -0.4 is 10.1 Å². The number of ether oxygens (including phenoxy) is 1. The third kappa shape index (κ3) is 3.96. The van der Waals surface area contributed by atoms with E-state index < -0.39 is 6.55 Å². The van der Waals surface area contributed by atoms with E-state index in [4.69, 9.17) is 4.74 Å². The van der Waals surface area contributed by atoms with Gasteiger partial charge in [-0.2, -0.15) is 8.78 Å². The second-order valence-electron chi connectivity index (χ2n) is 5.41. The van der Waals surface area contributed by atoms with Gasteiger partial charge in [-0.3, -0.25) is 9.36 Å². The van der Waals surface area contributed by atoms with Crippen molar-refractivity contribution >= 4 is 28.7 Å². The van der Waals surface area contributed by atoms with Gasteiger partial charge in [0.25, 0.3) is 0 Å². The molecule has 0 aliphatic rings. The van der Waals surface area contributed by atoms with Gasteiger partial charge in [0.15, 0.2) is 5.16 Å². The Bertz CT molecular complexity index is 914. The Morgan fingerprint density at radius 2 is 1.96 bits per heavy atom. The number of nitrogens with zero attached hydrogens (tertiary/aromatic N) is 2. The Morgan fingerprint density at radius 3 is 2.73 bits per heavy atom. The normalized spacial score (nSPS) is 11.1. The molecule has 0 bridgehead atoms. The number of aromatic nitrogens is 2. The third-order valence-electron chi connectivity index (χ3n) is 3.76. The van der Waals surface area contributed by atoms with Crippen LogP contribution >= 0.6 is 11.8 Å². The van der Waals surface area contributed by atoms with Crippen LogP contribution in [0.5, 0.6) is 5.75 Å². The Morgan fingerprint density at radius 1 is 1.23 bits per heavy atom. The number of fused-ring (bicyclic) bond motifs is 1. The van der Waals surface area contributed by atoms with Gasteiger partial charge in [-0.15, -0.1) is 0 Å². The molecule has 0 radical (unpaired) electrons. The number of para-hydroxylation sites is 3. The highest BCUT2D eigenvalue weighted by atomic mass is 32.2. The lowest BCUT2D eigenvalue weighted by molar-refractivity contribution is -0.118. The van der Waals surface area contributed by atoms with Crippen LogP contribution in [0.4, 0.5) is 8.78 Å². The predicted octanol–water partition coefficient (Wildman–Crippen LogP) is 3.85. The van der Waals surface area contributed by atoms with Crippen molar-refractivity contribution in [2.45, 2.75) is 18.3 Å². The molecule has 1 N–H and O–H groups in total. The first kappa shape index (κ1) is 18.2. The highest BCUT2D eigenvalue weighted by Crippen LogP contribution is 2.29. The molecule has 136 valence electrons. The standard InChI is InChI=1S/C18H17F2N3O2S/c1-25-15-9-5-2-6-12(15)10-21-16(24)11-26-18-22-13-7-3-4-8-14(13)23(18)17(19)20/h2-9,17H,10-11H2,1H3,(H,21,24). The zero-order valence-corrected chi connectivity index (χ0v) is 14.8. The van der Waals surface area contributed by atoms with Crippen molar-refractivity contribution in [2.24, 2.45) is 0 Å². The molecule has 3 aromatic rings. The van der Waals surface area contributed by atoms with Crippen molar-refractivity contribution in [3.63, 3.8) is 0 Å². The summed E-state index contributed by atoms with van der Waals surface area (Å²) >= 11 is 0.983. The number of nitrogens with one attached hydrogen (secondary N) is 1. The molecule has 0 saturated heterocycles. The summed E-state index contributed by atoms with van der Waals surface area (Å²) in [6.45, 7) is -2.42. The fraction of sp³-hybridized carbons (Fsp3) is 0.222. The molecule has 0 unspecified atom stereocenters. The van der Waals surface area contributed by atoms with Crippen LogP contribution in [-0.2, 0) is 11.3 Å². The minimum atomic E-state index is -2.72. The number of rotatable bonds is 7. The van der Waals surface area contributed by atoms with Crippen LogP contribution in [0.25, 0.3) is 11.0 Å². The van der Waals surface area contributed by atoms with Crippen molar-refractivity contribution in [2.75, 3.05) is 12.9 Å². The van der Waals surface area contributed by atoms with Gasteiger partial charge in [-0.25, -0.2) is 4.98 Å². The molecular weight excluding hydrogens is 360 g/mol. The van der Waals surface area contributed by atoms with Crippen molar-refractivity contribution in [3.8, 4) is 5.75 Å². The molecule has 26 heavy (non-hydrogen) atoms. The molecule has 3 rings (SSSR count). The van der Waals surface area contributed by atoms with Gasteiger partial charge >= 0.3 is 6.55 Å². The number of hydrogen-bond acceptors (Lipinski definition) is 4. The molecule has 0 fully saturated rings. The molecule has 1 amide bonds. The lowest BCUT2D eigenvalue weighted by atomic mass is 10.2. The number of alkyl halides is 2. The van der Waals surface area contributed by atoms with Crippen molar-refractivity contribution in [1.82, 2.24) is 14.9 Å². The fourth-order valence-corrected chi connectivity index (χ4v) is 3.38. The first-order chi connectivity index (χ1) is 12.6. The monoisotopic (exact) mass is 377 g/mol. The maximum atomic E-state index is 13.4. The molecule has 2 aromatic carbocycles. The average molecular weight is 377 g/mol. The number of carbonyl (C=O) groups is 1. The number of halogens is 2. The Hall–Kier alpha value is -2.61. The molecular formula is C18H17F2N3O2S. The SMILES string of the molecule is COc1ccccc1CNC(=O)CSc1nc2ccccc2n1C(F)F. The minimum absolute atomic E-state index is 0.00874. The molecule has 5 nitrogen and oxygen atoms in total. The van der Waals surface area contributed by atoms with Crippen molar-refractivity contribution in [1.29, 1.82) is 0 Å². The quantitative estimate of drug-likeness (QED) is 0.636. The summed E-state index contributed by atoms with van der Waals surface area (Å²) in [7, 11) is 1.56. The lowest BCUT2D eigenvalue weighted by Gasteiger charge is -2.10. The summed E-state index contributed by atoms with van der Waals surface area (Å²) in [6, 6.07) is 14.0. The van der Waals surface area contributed by atoms with E-state index in [2.05, 4.69) is 10.3 Å². The largest absolute Gasteiger partial charge is 0.496 e. The van der Waals surface area contributed by atoms with Crippen LogP contribution in [0.2, 0.25) is 0 Å². The summed E-state index contributed by atoms with van der Waals surface area (Å²) in [4.78, 5) is 16.3. The molecule has 8 heteroatoms. The van der Waals surface area contributed by atoms with E-state index in [1.807, 2.05) is 18.2 Å². The van der Waals surface area contributed by atoms with E-state index >= 15 is 0 Å². The summed E-state index contributed by atoms with van der Waals surface area (Å²) in [5.74, 6) is 0.402.